The van der Waals surface area contributed by atoms with E-state index in [-0.39, 0.29) is 5.78 Å². The Balaban J connectivity index is 2.16. The van der Waals surface area contributed by atoms with Gasteiger partial charge in [-0.1, -0.05) is 26.7 Å². The summed E-state index contributed by atoms with van der Waals surface area (Å²) < 4.78 is 0. The number of nitrogens with zero attached hydrogens (tertiary/aromatic N) is 1. The summed E-state index contributed by atoms with van der Waals surface area (Å²) in [5.41, 5.74) is 2.88. The zero-order valence-corrected chi connectivity index (χ0v) is 11.7. The summed E-state index contributed by atoms with van der Waals surface area (Å²) >= 11 is 0. The highest BCUT2D eigenvalue weighted by atomic mass is 16.1. The van der Waals surface area contributed by atoms with Gasteiger partial charge in [0, 0.05) is 29.3 Å². The number of aromatic nitrogens is 1. The van der Waals surface area contributed by atoms with Gasteiger partial charge in [-0.25, -0.2) is 0 Å². The van der Waals surface area contributed by atoms with Crippen LogP contribution < -0.4 is 0 Å². The lowest BCUT2D eigenvalue weighted by molar-refractivity contribution is 0.0987. The third-order valence-electron chi connectivity index (χ3n) is 4.16. The second-order valence-electron chi connectivity index (χ2n) is 5.60. The molecule has 0 aliphatic heterocycles. The Morgan fingerprint density at radius 1 is 1.28 bits per heavy atom. The van der Waals surface area contributed by atoms with Gasteiger partial charge in [-0.15, -0.1) is 0 Å². The molecule has 0 spiro atoms. The van der Waals surface area contributed by atoms with Crippen molar-refractivity contribution in [2.75, 3.05) is 0 Å². The number of carbonyl (C=O) groups is 1. The van der Waals surface area contributed by atoms with E-state index in [1.165, 1.54) is 31.4 Å². The van der Waals surface area contributed by atoms with Crippen LogP contribution in [0.15, 0.2) is 12.1 Å². The number of carbonyl (C=O) groups excluding carboxylic acids is 1. The van der Waals surface area contributed by atoms with E-state index in [1.54, 1.807) is 0 Å². The molecule has 98 valence electrons. The van der Waals surface area contributed by atoms with Gasteiger partial charge in [0.15, 0.2) is 5.78 Å². The molecule has 1 aromatic rings. The van der Waals surface area contributed by atoms with Gasteiger partial charge < -0.3 is 0 Å². The van der Waals surface area contributed by atoms with Gasteiger partial charge in [0.2, 0.25) is 0 Å². The van der Waals surface area contributed by atoms with Crippen molar-refractivity contribution in [2.24, 2.45) is 5.92 Å². The van der Waals surface area contributed by atoms with Crippen LogP contribution in [-0.4, -0.2) is 10.8 Å². The lowest BCUT2D eigenvalue weighted by Crippen LogP contribution is -2.13. The molecule has 0 bridgehead atoms. The molecule has 0 atom stereocenters. The molecule has 0 aromatic carbocycles. The van der Waals surface area contributed by atoms with Crippen molar-refractivity contribution >= 4 is 5.78 Å². The molecule has 1 aromatic heterocycles. The average Bonchev–Trinajstić information content (AvgIpc) is 2.38. The maximum atomic E-state index is 11.7. The third-order valence-corrected chi connectivity index (χ3v) is 4.16. The minimum Gasteiger partial charge on any atom is -0.294 e. The van der Waals surface area contributed by atoms with Crippen molar-refractivity contribution in [3.8, 4) is 0 Å². The van der Waals surface area contributed by atoms with E-state index in [0.717, 1.165) is 17.2 Å². The first-order valence-corrected chi connectivity index (χ1v) is 7.12. The van der Waals surface area contributed by atoms with Gasteiger partial charge in [0.1, 0.15) is 0 Å². The fraction of sp³-hybridized carbons (Fsp3) is 0.625. The van der Waals surface area contributed by atoms with Crippen molar-refractivity contribution in [3.63, 3.8) is 0 Å². The van der Waals surface area contributed by atoms with Crippen molar-refractivity contribution < 1.29 is 4.79 Å². The van der Waals surface area contributed by atoms with Crippen molar-refractivity contribution in [2.45, 2.75) is 58.8 Å². The zero-order valence-electron chi connectivity index (χ0n) is 11.7. The number of rotatable bonds is 3. The highest BCUT2D eigenvalue weighted by Gasteiger charge is 2.21. The standard InChI is InChI=1S/C16H23NO/c1-4-16(18)14-9-10-15(17-12(14)3)13-7-5-11(2)6-8-13/h9-11,13H,4-8H2,1-3H3. The summed E-state index contributed by atoms with van der Waals surface area (Å²) in [5, 5.41) is 0. The molecule has 2 nitrogen and oxygen atoms in total. The van der Waals surface area contributed by atoms with Gasteiger partial charge in [0.25, 0.3) is 0 Å². The SMILES string of the molecule is CCC(=O)c1ccc(C2CCC(C)CC2)nc1C. The fourth-order valence-electron chi connectivity index (χ4n) is 2.85. The van der Waals surface area contributed by atoms with Crippen LogP contribution in [0.1, 0.15) is 73.6 Å². The molecule has 0 unspecified atom stereocenters. The van der Waals surface area contributed by atoms with E-state index in [0.29, 0.717) is 12.3 Å². The third kappa shape index (κ3) is 2.80. The Hall–Kier alpha value is -1.18. The maximum absolute atomic E-state index is 11.7. The van der Waals surface area contributed by atoms with E-state index in [4.69, 9.17) is 0 Å². The lowest BCUT2D eigenvalue weighted by atomic mass is 9.81. The van der Waals surface area contributed by atoms with Gasteiger partial charge in [-0.3, -0.25) is 9.78 Å². The number of pyridine rings is 1. The second kappa shape index (κ2) is 5.64. The van der Waals surface area contributed by atoms with Crippen LogP contribution in [0.2, 0.25) is 0 Å². The zero-order chi connectivity index (χ0) is 13.1. The molecular formula is C16H23NO. The Labute approximate surface area is 110 Å². The Morgan fingerprint density at radius 3 is 2.50 bits per heavy atom. The molecule has 0 radical (unpaired) electrons. The summed E-state index contributed by atoms with van der Waals surface area (Å²) in [7, 11) is 0. The largest absolute Gasteiger partial charge is 0.294 e. The minimum absolute atomic E-state index is 0.198. The van der Waals surface area contributed by atoms with E-state index >= 15 is 0 Å². The first kappa shape index (κ1) is 13.3. The first-order valence-electron chi connectivity index (χ1n) is 7.12. The van der Waals surface area contributed by atoms with Gasteiger partial charge >= 0.3 is 0 Å². The Kier molecular flexibility index (Phi) is 4.15. The second-order valence-corrected chi connectivity index (χ2v) is 5.60. The number of aryl methyl sites for hydroxylation is 1. The van der Waals surface area contributed by atoms with Crippen molar-refractivity contribution in [3.05, 3.63) is 29.1 Å². The van der Waals surface area contributed by atoms with Crippen LogP contribution in [0.4, 0.5) is 0 Å². The fourth-order valence-corrected chi connectivity index (χ4v) is 2.85. The maximum Gasteiger partial charge on any atom is 0.164 e. The minimum atomic E-state index is 0.198. The predicted molar refractivity (Wildman–Crippen MR) is 74.0 cm³/mol. The predicted octanol–water partition coefficient (Wildman–Crippen LogP) is 4.28. The van der Waals surface area contributed by atoms with E-state index < -0.39 is 0 Å². The summed E-state index contributed by atoms with van der Waals surface area (Å²) in [5.74, 6) is 1.66. The molecular weight excluding hydrogens is 222 g/mol. The Bertz CT molecular complexity index is 431. The number of Topliss-reactive ketones (excluding diaryl/α,β-unsaturated/α-hetero) is 1. The van der Waals surface area contributed by atoms with Gasteiger partial charge in [-0.05, 0) is 37.8 Å². The smallest absolute Gasteiger partial charge is 0.164 e. The molecule has 1 heterocycles. The quantitative estimate of drug-likeness (QED) is 0.744. The van der Waals surface area contributed by atoms with Crippen LogP contribution in [-0.2, 0) is 0 Å². The highest BCUT2D eigenvalue weighted by molar-refractivity contribution is 5.96. The molecule has 1 aliphatic carbocycles. The lowest BCUT2D eigenvalue weighted by Gasteiger charge is -2.26. The topological polar surface area (TPSA) is 30.0 Å². The summed E-state index contributed by atoms with van der Waals surface area (Å²) in [6.45, 7) is 6.19. The van der Waals surface area contributed by atoms with Gasteiger partial charge in [0.05, 0.1) is 0 Å². The van der Waals surface area contributed by atoms with Crippen LogP contribution in [0.3, 0.4) is 0 Å². The molecule has 0 N–H and O–H groups in total. The summed E-state index contributed by atoms with van der Waals surface area (Å²) in [6.07, 6.45) is 5.66. The number of ketones is 1. The molecule has 2 heteroatoms. The normalized spacial score (nSPS) is 23.9. The summed E-state index contributed by atoms with van der Waals surface area (Å²) in [4.78, 5) is 16.4. The number of hydrogen-bond donors (Lipinski definition) is 0. The van der Waals surface area contributed by atoms with Crippen molar-refractivity contribution in [1.29, 1.82) is 0 Å². The molecule has 0 saturated heterocycles. The molecule has 1 fully saturated rings. The molecule has 18 heavy (non-hydrogen) atoms. The van der Waals surface area contributed by atoms with Gasteiger partial charge in [-0.2, -0.15) is 0 Å². The van der Waals surface area contributed by atoms with E-state index in [1.807, 2.05) is 19.9 Å². The average molecular weight is 245 g/mol. The molecule has 1 saturated carbocycles. The van der Waals surface area contributed by atoms with Crippen LogP contribution >= 0.6 is 0 Å². The van der Waals surface area contributed by atoms with Crippen LogP contribution in [0, 0.1) is 12.8 Å². The summed E-state index contributed by atoms with van der Waals surface area (Å²) in [6, 6.07) is 4.04. The number of hydrogen-bond acceptors (Lipinski definition) is 2. The highest BCUT2D eigenvalue weighted by Crippen LogP contribution is 2.34. The monoisotopic (exact) mass is 245 g/mol. The van der Waals surface area contributed by atoms with Crippen LogP contribution in [0.5, 0.6) is 0 Å². The molecule has 0 amide bonds. The van der Waals surface area contributed by atoms with E-state index in [2.05, 4.69) is 18.0 Å². The molecule has 2 rings (SSSR count). The van der Waals surface area contributed by atoms with Crippen LogP contribution in [0.25, 0.3) is 0 Å². The van der Waals surface area contributed by atoms with E-state index in [9.17, 15) is 4.79 Å². The Morgan fingerprint density at radius 2 is 1.94 bits per heavy atom. The molecule has 1 aliphatic rings. The van der Waals surface area contributed by atoms with Crippen molar-refractivity contribution in [1.82, 2.24) is 4.98 Å². The first-order chi connectivity index (χ1) is 8.61.